The highest BCUT2D eigenvalue weighted by molar-refractivity contribution is 7.09. The van der Waals surface area contributed by atoms with E-state index in [2.05, 4.69) is 9.97 Å². The van der Waals surface area contributed by atoms with Gasteiger partial charge in [-0.1, -0.05) is 36.4 Å². The van der Waals surface area contributed by atoms with Crippen LogP contribution in [0.5, 0.6) is 5.88 Å². The zero-order chi connectivity index (χ0) is 26.9. The van der Waals surface area contributed by atoms with E-state index in [1.807, 2.05) is 58.8 Å². The number of aromatic amines is 1. The van der Waals surface area contributed by atoms with Gasteiger partial charge >= 0.3 is 5.97 Å². The summed E-state index contributed by atoms with van der Waals surface area (Å²) in [7, 11) is 1.33. The molecule has 39 heavy (non-hydrogen) atoms. The van der Waals surface area contributed by atoms with Crippen LogP contribution in [0, 0.1) is 0 Å². The molecule has 8 nitrogen and oxygen atoms in total. The Bertz CT molecular complexity index is 1730. The van der Waals surface area contributed by atoms with Crippen LogP contribution >= 0.6 is 11.3 Å². The Balaban J connectivity index is 1.40. The number of anilines is 1. The zero-order valence-corrected chi connectivity index (χ0v) is 21.9. The van der Waals surface area contributed by atoms with Crippen molar-refractivity contribution in [2.75, 3.05) is 18.6 Å². The Labute approximate surface area is 228 Å². The molecule has 9 heteroatoms. The largest absolute Gasteiger partial charge is 0.494 e. The van der Waals surface area contributed by atoms with E-state index in [4.69, 9.17) is 9.73 Å². The molecule has 6 rings (SSSR count). The van der Waals surface area contributed by atoms with E-state index in [0.717, 1.165) is 33.6 Å². The van der Waals surface area contributed by atoms with Crippen LogP contribution < -0.4 is 4.90 Å². The number of thiazole rings is 1. The van der Waals surface area contributed by atoms with E-state index < -0.39 is 5.97 Å². The van der Waals surface area contributed by atoms with Crippen molar-refractivity contribution in [2.45, 2.75) is 12.8 Å². The minimum atomic E-state index is -0.457. The van der Waals surface area contributed by atoms with E-state index in [1.165, 1.54) is 18.4 Å². The number of H-pyrrole nitrogens is 1. The summed E-state index contributed by atoms with van der Waals surface area (Å²) in [6.45, 7) is 0.615. The van der Waals surface area contributed by atoms with Gasteiger partial charge in [0.25, 0.3) is 0 Å². The van der Waals surface area contributed by atoms with Gasteiger partial charge in [-0.05, 0) is 42.3 Å². The fourth-order valence-electron chi connectivity index (χ4n) is 4.94. The predicted molar refractivity (Wildman–Crippen MR) is 151 cm³/mol. The monoisotopic (exact) mass is 536 g/mol. The fraction of sp³-hybridized carbons (Fsp3) is 0.133. The molecule has 3 aromatic carbocycles. The highest BCUT2D eigenvalue weighted by Crippen LogP contribution is 2.35. The minimum Gasteiger partial charge on any atom is -0.494 e. The maximum atomic E-state index is 12.9. The van der Waals surface area contributed by atoms with E-state index >= 15 is 0 Å². The van der Waals surface area contributed by atoms with Gasteiger partial charge in [-0.25, -0.2) is 14.8 Å². The molecule has 2 aromatic heterocycles. The van der Waals surface area contributed by atoms with Crippen LogP contribution in [0.15, 0.2) is 83.3 Å². The van der Waals surface area contributed by atoms with Crippen molar-refractivity contribution in [3.8, 4) is 5.88 Å². The molecular weight excluding hydrogens is 512 g/mol. The van der Waals surface area contributed by atoms with Crippen LogP contribution in [0.2, 0.25) is 0 Å². The molecule has 0 unspecified atom stereocenters. The number of nitrogens with one attached hydrogen (secondary N) is 1. The summed E-state index contributed by atoms with van der Waals surface area (Å²) in [5, 5.41) is 14.4. The summed E-state index contributed by atoms with van der Waals surface area (Å²) in [5.74, 6) is -0.475. The van der Waals surface area contributed by atoms with Crippen LogP contribution in [-0.2, 0) is 22.4 Å². The second-order valence-corrected chi connectivity index (χ2v) is 10.1. The number of carbonyl (C=O) groups is 2. The van der Waals surface area contributed by atoms with E-state index in [0.29, 0.717) is 34.6 Å². The third-order valence-corrected chi connectivity index (χ3v) is 7.55. The standard InChI is InChI=1S/C30H24N4O4S/c1-38-30(37)20-7-9-22-23(16-20)33-29(36)27(22)28(18-5-3-2-4-6-18)32-21-8-10-24-19(15-21)11-13-34(24)26(35)17-25-31-12-14-39-25/h2-10,12,14-16,33,36H,11,13,17H2,1H3. The van der Waals surface area contributed by atoms with Crippen molar-refractivity contribution >= 4 is 51.2 Å². The number of methoxy groups -OCH3 is 1. The Morgan fingerprint density at radius 2 is 1.95 bits per heavy atom. The fourth-order valence-corrected chi connectivity index (χ4v) is 5.55. The number of hydrogen-bond acceptors (Lipinski definition) is 7. The van der Waals surface area contributed by atoms with Crippen LogP contribution in [-0.4, -0.2) is 46.3 Å². The number of aromatic nitrogens is 2. The second-order valence-electron chi connectivity index (χ2n) is 9.14. The molecule has 0 bridgehead atoms. The lowest BCUT2D eigenvalue weighted by molar-refractivity contribution is -0.117. The molecule has 3 heterocycles. The van der Waals surface area contributed by atoms with E-state index in [9.17, 15) is 14.7 Å². The third-order valence-electron chi connectivity index (χ3n) is 6.77. The zero-order valence-electron chi connectivity index (χ0n) is 21.0. The topological polar surface area (TPSA) is 108 Å². The molecule has 2 N–H and O–H groups in total. The summed E-state index contributed by atoms with van der Waals surface area (Å²) in [6.07, 6.45) is 2.73. The lowest BCUT2D eigenvalue weighted by atomic mass is 10.00. The van der Waals surface area contributed by atoms with Crippen LogP contribution in [0.3, 0.4) is 0 Å². The first-order valence-corrected chi connectivity index (χ1v) is 13.3. The number of hydrogen-bond donors (Lipinski definition) is 2. The molecule has 1 amide bonds. The van der Waals surface area contributed by atoms with Gasteiger partial charge in [-0.2, -0.15) is 0 Å². The molecule has 1 aliphatic rings. The first-order chi connectivity index (χ1) is 19.0. The number of rotatable bonds is 6. The van der Waals surface area contributed by atoms with Gasteiger partial charge in [0.05, 0.1) is 36.1 Å². The average molecular weight is 537 g/mol. The van der Waals surface area contributed by atoms with Gasteiger partial charge < -0.3 is 19.7 Å². The van der Waals surface area contributed by atoms with Crippen molar-refractivity contribution in [3.05, 3.63) is 106 Å². The molecule has 5 aromatic rings. The van der Waals surface area contributed by atoms with Crippen molar-refractivity contribution in [3.63, 3.8) is 0 Å². The number of carbonyl (C=O) groups excluding carboxylic acids is 2. The Morgan fingerprint density at radius 1 is 1.10 bits per heavy atom. The molecule has 0 saturated carbocycles. The van der Waals surface area contributed by atoms with Gasteiger partial charge in [-0.15, -0.1) is 11.3 Å². The number of fused-ring (bicyclic) bond motifs is 2. The summed E-state index contributed by atoms with van der Waals surface area (Å²) >= 11 is 1.48. The number of esters is 1. The maximum absolute atomic E-state index is 12.9. The molecule has 0 spiro atoms. The van der Waals surface area contributed by atoms with Crippen LogP contribution in [0.25, 0.3) is 10.9 Å². The number of ether oxygens (including phenoxy) is 1. The van der Waals surface area contributed by atoms with Crippen LogP contribution in [0.1, 0.15) is 32.1 Å². The summed E-state index contributed by atoms with van der Waals surface area (Å²) in [6, 6.07) is 20.5. The molecule has 0 atom stereocenters. The van der Waals surface area contributed by atoms with Crippen LogP contribution in [0.4, 0.5) is 11.4 Å². The Morgan fingerprint density at radius 3 is 2.72 bits per heavy atom. The second kappa shape index (κ2) is 10.2. The Kier molecular flexibility index (Phi) is 6.42. The van der Waals surface area contributed by atoms with Crippen molar-refractivity contribution in [1.82, 2.24) is 9.97 Å². The number of nitrogens with zero attached hydrogens (tertiary/aromatic N) is 3. The van der Waals surface area contributed by atoms with E-state index in [1.54, 1.807) is 24.4 Å². The first kappa shape index (κ1) is 24.6. The predicted octanol–water partition coefficient (Wildman–Crippen LogP) is 5.42. The van der Waals surface area contributed by atoms with E-state index in [-0.39, 0.29) is 18.2 Å². The van der Waals surface area contributed by atoms with Gasteiger partial charge in [0.1, 0.15) is 5.01 Å². The highest BCUT2D eigenvalue weighted by atomic mass is 32.1. The summed E-state index contributed by atoms with van der Waals surface area (Å²) in [5.41, 5.74) is 5.56. The van der Waals surface area contributed by atoms with Gasteiger partial charge in [-0.3, -0.25) is 4.79 Å². The quantitative estimate of drug-likeness (QED) is 0.223. The van der Waals surface area contributed by atoms with Crippen molar-refractivity contribution in [1.29, 1.82) is 0 Å². The van der Waals surface area contributed by atoms with Gasteiger partial charge in [0.15, 0.2) is 5.88 Å². The van der Waals surface area contributed by atoms with Gasteiger partial charge in [0.2, 0.25) is 5.91 Å². The maximum Gasteiger partial charge on any atom is 0.337 e. The smallest absolute Gasteiger partial charge is 0.337 e. The number of amides is 1. The molecule has 1 aliphatic heterocycles. The SMILES string of the molecule is COC(=O)c1ccc2c(C(=Nc3ccc4c(c3)CCN4C(=O)Cc3nccs3)c3ccccc3)c(O)[nH]c2c1. The highest BCUT2D eigenvalue weighted by Gasteiger charge is 2.26. The summed E-state index contributed by atoms with van der Waals surface area (Å²) < 4.78 is 4.84. The lowest BCUT2D eigenvalue weighted by Gasteiger charge is -2.17. The Hall–Kier alpha value is -4.76. The average Bonchev–Trinajstić information content (AvgIpc) is 3.69. The minimum absolute atomic E-state index is 0.0277. The molecule has 0 aliphatic carbocycles. The molecular formula is C30H24N4O4S. The van der Waals surface area contributed by atoms with Crippen molar-refractivity contribution in [2.24, 2.45) is 4.99 Å². The molecule has 0 saturated heterocycles. The normalized spacial score (nSPS) is 13.1. The van der Waals surface area contributed by atoms with Gasteiger partial charge in [0, 0.05) is 40.3 Å². The van der Waals surface area contributed by atoms with Crippen molar-refractivity contribution < 1.29 is 19.4 Å². The first-order valence-electron chi connectivity index (χ1n) is 12.4. The number of aliphatic imine (C=N–C) groups is 1. The molecule has 0 fully saturated rings. The molecule has 0 radical (unpaired) electrons. The molecule has 194 valence electrons. The third kappa shape index (κ3) is 4.68. The number of aromatic hydroxyl groups is 1. The lowest BCUT2D eigenvalue weighted by Crippen LogP contribution is -2.30. The summed E-state index contributed by atoms with van der Waals surface area (Å²) in [4.78, 5) is 39.0. The number of benzene rings is 3.